The molecule has 1 fully saturated rings. The van der Waals surface area contributed by atoms with Crippen LogP contribution in [0.1, 0.15) is 59.8 Å². The Morgan fingerprint density at radius 2 is 1.95 bits per heavy atom. The number of carbonyl (C=O) groups excluding carboxylic acids is 2. The molecule has 6 rings (SSSR count). The van der Waals surface area contributed by atoms with Gasteiger partial charge in [0.1, 0.15) is 40.5 Å². The first-order valence-electron chi connectivity index (χ1n) is 13.7. The number of ether oxygens (including phenoxy) is 2. The summed E-state index contributed by atoms with van der Waals surface area (Å²) in [7, 11) is 0. The lowest BCUT2D eigenvalue weighted by atomic mass is 9.82. The zero-order valence-electron chi connectivity index (χ0n) is 23.2. The largest absolute Gasteiger partial charge is 0.489 e. The van der Waals surface area contributed by atoms with Gasteiger partial charge in [-0.15, -0.1) is 0 Å². The highest BCUT2D eigenvalue weighted by atomic mass is 19.1. The smallest absolute Gasteiger partial charge is 0.251 e. The molecular weight excluding hydrogens is 523 g/mol. The molecule has 8 nitrogen and oxygen atoms in total. The number of hydrogen-bond acceptors (Lipinski definition) is 6. The number of aromatic nitrogens is 2. The zero-order valence-corrected chi connectivity index (χ0v) is 23.2. The van der Waals surface area contributed by atoms with Crippen LogP contribution in [0.15, 0.2) is 54.7 Å². The van der Waals surface area contributed by atoms with E-state index in [-0.39, 0.29) is 36.9 Å². The Morgan fingerprint density at radius 3 is 2.66 bits per heavy atom. The predicted molar refractivity (Wildman–Crippen MR) is 153 cm³/mol. The fourth-order valence-electron chi connectivity index (χ4n) is 5.03. The molecule has 2 aliphatic rings. The molecule has 9 heteroatoms. The van der Waals surface area contributed by atoms with Crippen molar-refractivity contribution in [2.24, 2.45) is 5.73 Å². The van der Waals surface area contributed by atoms with Gasteiger partial charge in [0.15, 0.2) is 0 Å². The van der Waals surface area contributed by atoms with E-state index in [1.807, 2.05) is 32.0 Å². The van der Waals surface area contributed by atoms with E-state index in [0.29, 0.717) is 39.6 Å². The summed E-state index contributed by atoms with van der Waals surface area (Å²) >= 11 is 0. The minimum atomic E-state index is -1.04. The molecule has 41 heavy (non-hydrogen) atoms. The van der Waals surface area contributed by atoms with Crippen LogP contribution >= 0.6 is 0 Å². The molecular formula is C32H31FN4O4. The number of halogens is 1. The van der Waals surface area contributed by atoms with Gasteiger partial charge >= 0.3 is 0 Å². The summed E-state index contributed by atoms with van der Waals surface area (Å²) in [4.78, 5) is 35.2. The van der Waals surface area contributed by atoms with Gasteiger partial charge in [-0.3, -0.25) is 14.6 Å². The monoisotopic (exact) mass is 554 g/mol. The van der Waals surface area contributed by atoms with Gasteiger partial charge in [0.2, 0.25) is 5.91 Å². The summed E-state index contributed by atoms with van der Waals surface area (Å²) in [5.74, 6) is -0.284. The molecule has 1 aliphatic carbocycles. The molecule has 3 N–H and O–H groups in total. The van der Waals surface area contributed by atoms with Crippen LogP contribution in [0.2, 0.25) is 0 Å². The number of pyridine rings is 2. The summed E-state index contributed by atoms with van der Waals surface area (Å²) in [5, 5.41) is 3.87. The summed E-state index contributed by atoms with van der Waals surface area (Å²) in [6.45, 7) is 6.01. The van der Waals surface area contributed by atoms with E-state index in [1.54, 1.807) is 31.3 Å². The van der Waals surface area contributed by atoms with Crippen LogP contribution in [0, 0.1) is 12.7 Å². The number of carbonyl (C=O) groups is 2. The van der Waals surface area contributed by atoms with Crippen molar-refractivity contribution in [1.82, 2.24) is 15.3 Å². The summed E-state index contributed by atoms with van der Waals surface area (Å²) in [5.41, 5.74) is 9.38. The Balaban J connectivity index is 1.29. The Kier molecular flexibility index (Phi) is 6.60. The maximum Gasteiger partial charge on any atom is 0.251 e. The Labute approximate surface area is 237 Å². The molecule has 2 aromatic carbocycles. The van der Waals surface area contributed by atoms with Crippen molar-refractivity contribution in [2.45, 2.75) is 51.0 Å². The number of nitrogens with two attached hydrogens (primary N) is 1. The first kappa shape index (κ1) is 26.7. The van der Waals surface area contributed by atoms with E-state index in [4.69, 9.17) is 20.2 Å². The number of rotatable bonds is 8. The van der Waals surface area contributed by atoms with E-state index >= 15 is 0 Å². The van der Waals surface area contributed by atoms with Gasteiger partial charge in [0.25, 0.3) is 5.91 Å². The van der Waals surface area contributed by atoms with Crippen molar-refractivity contribution in [2.75, 3.05) is 13.2 Å². The minimum Gasteiger partial charge on any atom is -0.489 e. The van der Waals surface area contributed by atoms with Crippen molar-refractivity contribution in [3.63, 3.8) is 0 Å². The molecule has 3 heterocycles. The Morgan fingerprint density at radius 1 is 1.20 bits per heavy atom. The molecule has 2 atom stereocenters. The lowest BCUT2D eigenvalue weighted by molar-refractivity contribution is -0.123. The van der Waals surface area contributed by atoms with Crippen molar-refractivity contribution in [3.8, 4) is 22.8 Å². The lowest BCUT2D eigenvalue weighted by Gasteiger charge is -2.20. The van der Waals surface area contributed by atoms with Crippen LogP contribution in [0.5, 0.6) is 11.5 Å². The minimum absolute atomic E-state index is 0.0870. The number of fused-ring (bicyclic) bond motifs is 2. The zero-order chi connectivity index (χ0) is 28.9. The molecule has 4 aromatic rings. The molecule has 210 valence electrons. The molecule has 1 saturated carbocycles. The number of aryl methyl sites for hydroxylation is 1. The van der Waals surface area contributed by atoms with Gasteiger partial charge in [0, 0.05) is 46.4 Å². The first-order valence-corrected chi connectivity index (χ1v) is 13.7. The Bertz CT molecular complexity index is 1690. The molecule has 0 spiro atoms. The van der Waals surface area contributed by atoms with E-state index in [0.717, 1.165) is 29.3 Å². The maximum atomic E-state index is 13.7. The van der Waals surface area contributed by atoms with Crippen molar-refractivity contribution in [1.29, 1.82) is 0 Å². The van der Waals surface area contributed by atoms with Crippen molar-refractivity contribution < 1.29 is 23.5 Å². The summed E-state index contributed by atoms with van der Waals surface area (Å²) < 4.78 is 25.7. The topological polar surface area (TPSA) is 116 Å². The van der Waals surface area contributed by atoms with Gasteiger partial charge in [0.05, 0.1) is 6.10 Å². The third-order valence-electron chi connectivity index (χ3n) is 7.79. The van der Waals surface area contributed by atoms with Crippen LogP contribution in [0.3, 0.4) is 0 Å². The second-order valence-electron chi connectivity index (χ2n) is 11.3. The average Bonchev–Trinajstić information content (AvgIpc) is 3.71. The summed E-state index contributed by atoms with van der Waals surface area (Å²) in [6.07, 6.45) is 3.95. The standard InChI is InChI=1S/C32H31FN4O4/c1-17-10-20-11-21(12-26(27(20)35-14-17)41-23-8-9-23)30(38)36-15-18(2)25-13-24-29(40-16-32(24,3)31(34)39)28(37-25)19-4-6-22(33)7-5-19/h4-7,10-14,18,23H,8-9,15-16H2,1-3H3,(H2,34,39)(H,36,38)/t18-,32+/m1/s1. The van der Waals surface area contributed by atoms with Gasteiger partial charge in [-0.25, -0.2) is 9.37 Å². The van der Waals surface area contributed by atoms with Crippen LogP contribution in [0.4, 0.5) is 4.39 Å². The van der Waals surface area contributed by atoms with Gasteiger partial charge in [-0.1, -0.05) is 6.92 Å². The number of benzene rings is 2. The molecule has 0 unspecified atom stereocenters. The second kappa shape index (κ2) is 10.1. The highest BCUT2D eigenvalue weighted by Crippen LogP contribution is 2.45. The molecule has 2 amide bonds. The second-order valence-corrected chi connectivity index (χ2v) is 11.3. The van der Waals surface area contributed by atoms with Gasteiger partial charge < -0.3 is 20.5 Å². The molecule has 0 radical (unpaired) electrons. The van der Waals surface area contributed by atoms with Gasteiger partial charge in [-0.2, -0.15) is 0 Å². The lowest BCUT2D eigenvalue weighted by Crippen LogP contribution is -2.39. The number of primary amides is 1. The highest BCUT2D eigenvalue weighted by molar-refractivity contribution is 6.00. The Hall–Kier alpha value is -4.53. The number of amides is 2. The third-order valence-corrected chi connectivity index (χ3v) is 7.79. The quantitative estimate of drug-likeness (QED) is 0.318. The average molecular weight is 555 g/mol. The fraction of sp³-hybridized carbons (Fsp3) is 0.312. The highest BCUT2D eigenvalue weighted by Gasteiger charge is 2.44. The SMILES string of the molecule is Cc1cnc2c(OC3CC3)cc(C(=O)NC[C@@H](C)c3cc4c(c(-c5ccc(F)cc5)n3)OC[C@]4(C)C(N)=O)cc2c1. The van der Waals surface area contributed by atoms with Crippen molar-refractivity contribution >= 4 is 22.7 Å². The van der Waals surface area contributed by atoms with Crippen molar-refractivity contribution in [3.05, 3.63) is 82.9 Å². The van der Waals surface area contributed by atoms with E-state index in [9.17, 15) is 14.0 Å². The van der Waals surface area contributed by atoms with Crippen LogP contribution in [-0.4, -0.2) is 41.0 Å². The number of hydrogen-bond donors (Lipinski definition) is 2. The molecule has 0 saturated heterocycles. The predicted octanol–water partition coefficient (Wildman–Crippen LogP) is 4.95. The van der Waals surface area contributed by atoms with Crippen LogP contribution in [0.25, 0.3) is 22.2 Å². The summed E-state index contributed by atoms with van der Waals surface area (Å²) in [6, 6.07) is 13.3. The van der Waals surface area contributed by atoms with E-state index in [1.165, 1.54) is 12.1 Å². The first-order chi connectivity index (χ1) is 19.6. The molecule has 0 bridgehead atoms. The van der Waals surface area contributed by atoms with Crippen LogP contribution < -0.4 is 20.5 Å². The normalized spacial score (nSPS) is 18.4. The van der Waals surface area contributed by atoms with E-state index < -0.39 is 11.3 Å². The fourth-order valence-corrected chi connectivity index (χ4v) is 5.03. The third kappa shape index (κ3) is 5.08. The molecule has 2 aromatic heterocycles. The van der Waals surface area contributed by atoms with Gasteiger partial charge in [-0.05, 0) is 80.8 Å². The van der Waals surface area contributed by atoms with E-state index in [2.05, 4.69) is 10.3 Å². The van der Waals surface area contributed by atoms with Crippen LogP contribution in [-0.2, 0) is 10.2 Å². The number of nitrogens with one attached hydrogen (secondary N) is 1. The maximum absolute atomic E-state index is 13.7. The molecule has 1 aliphatic heterocycles. The number of nitrogens with zero attached hydrogens (tertiary/aromatic N) is 2.